The quantitative estimate of drug-likeness (QED) is 0.790. The van der Waals surface area contributed by atoms with E-state index in [1.807, 2.05) is 0 Å². The van der Waals surface area contributed by atoms with E-state index in [9.17, 15) is 18.4 Å². The summed E-state index contributed by atoms with van der Waals surface area (Å²) >= 11 is 0. The van der Waals surface area contributed by atoms with Gasteiger partial charge < -0.3 is 4.98 Å². The molecule has 1 heterocycles. The summed E-state index contributed by atoms with van der Waals surface area (Å²) < 4.78 is 27.5. The molecule has 4 nitrogen and oxygen atoms in total. The van der Waals surface area contributed by atoms with Crippen molar-refractivity contribution in [3.63, 3.8) is 0 Å². The molecule has 0 bridgehead atoms. The van der Waals surface area contributed by atoms with Crippen LogP contribution < -0.4 is 11.2 Å². The van der Waals surface area contributed by atoms with Gasteiger partial charge in [0.1, 0.15) is 11.6 Å². The highest BCUT2D eigenvalue weighted by Crippen LogP contribution is 2.18. The molecule has 0 fully saturated rings. The largest absolute Gasteiger partial charge is 0.333 e. The Hall–Kier alpha value is -3.02. The van der Waals surface area contributed by atoms with Crippen molar-refractivity contribution in [2.24, 2.45) is 0 Å². The number of H-pyrrole nitrogens is 1. The molecule has 110 valence electrons. The number of benzene rings is 2. The van der Waals surface area contributed by atoms with Crippen molar-refractivity contribution >= 4 is 0 Å². The normalized spacial score (nSPS) is 10.6. The fourth-order valence-corrected chi connectivity index (χ4v) is 2.15. The molecule has 2 aromatic carbocycles. The third-order valence-corrected chi connectivity index (χ3v) is 3.18. The average Bonchev–Trinajstić information content (AvgIpc) is 2.49. The number of hydrogen-bond donors (Lipinski definition) is 1. The van der Waals surface area contributed by atoms with Crippen LogP contribution in [-0.2, 0) is 0 Å². The maximum absolute atomic E-state index is 13.7. The van der Waals surface area contributed by atoms with Gasteiger partial charge in [0.15, 0.2) is 0 Å². The second kappa shape index (κ2) is 5.40. The van der Waals surface area contributed by atoms with Gasteiger partial charge in [-0.3, -0.25) is 4.79 Å². The van der Waals surface area contributed by atoms with Crippen molar-refractivity contribution in [3.05, 3.63) is 87.1 Å². The molecule has 3 rings (SSSR count). The molecule has 0 aliphatic heterocycles. The van der Waals surface area contributed by atoms with Gasteiger partial charge in [-0.2, -0.15) is 0 Å². The molecule has 0 aliphatic rings. The highest BCUT2D eigenvalue weighted by Gasteiger charge is 2.10. The van der Waals surface area contributed by atoms with Gasteiger partial charge in [-0.15, -0.1) is 0 Å². The van der Waals surface area contributed by atoms with Crippen molar-refractivity contribution in [2.75, 3.05) is 0 Å². The minimum Gasteiger partial charge on any atom is -0.306 e. The van der Waals surface area contributed by atoms with E-state index in [2.05, 4.69) is 4.98 Å². The van der Waals surface area contributed by atoms with Crippen LogP contribution in [0.15, 0.2) is 64.2 Å². The monoisotopic (exact) mass is 300 g/mol. The van der Waals surface area contributed by atoms with E-state index < -0.39 is 22.9 Å². The summed E-state index contributed by atoms with van der Waals surface area (Å²) in [6.07, 6.45) is 0. The third kappa shape index (κ3) is 2.46. The van der Waals surface area contributed by atoms with E-state index >= 15 is 0 Å². The summed E-state index contributed by atoms with van der Waals surface area (Å²) in [6.45, 7) is 0. The van der Waals surface area contributed by atoms with Crippen molar-refractivity contribution in [2.45, 2.75) is 0 Å². The van der Waals surface area contributed by atoms with Crippen LogP contribution >= 0.6 is 0 Å². The van der Waals surface area contributed by atoms with Crippen LogP contribution in [0.2, 0.25) is 0 Å². The van der Waals surface area contributed by atoms with E-state index in [1.165, 1.54) is 30.3 Å². The average molecular weight is 300 g/mol. The minimum absolute atomic E-state index is 0.0893. The molecule has 1 N–H and O–H groups in total. The van der Waals surface area contributed by atoms with Crippen LogP contribution in [0.4, 0.5) is 8.78 Å². The van der Waals surface area contributed by atoms with Crippen LogP contribution in [0.5, 0.6) is 0 Å². The molecule has 0 radical (unpaired) electrons. The lowest BCUT2D eigenvalue weighted by Crippen LogP contribution is -2.33. The molecule has 6 heteroatoms. The number of aromatic nitrogens is 2. The Balaban J connectivity index is 2.18. The highest BCUT2D eigenvalue weighted by molar-refractivity contribution is 5.59. The predicted octanol–water partition coefficient (Wildman–Crippen LogP) is 2.47. The lowest BCUT2D eigenvalue weighted by atomic mass is 10.1. The maximum atomic E-state index is 13.7. The van der Waals surface area contributed by atoms with E-state index in [1.54, 1.807) is 6.07 Å². The van der Waals surface area contributed by atoms with Gasteiger partial charge in [0, 0.05) is 11.6 Å². The Labute approximate surface area is 123 Å². The first-order valence-electron chi connectivity index (χ1n) is 6.43. The summed E-state index contributed by atoms with van der Waals surface area (Å²) in [4.78, 5) is 26.7. The van der Waals surface area contributed by atoms with Crippen LogP contribution in [0.3, 0.4) is 0 Å². The molecular weight excluding hydrogens is 290 g/mol. The van der Waals surface area contributed by atoms with Crippen molar-refractivity contribution in [1.29, 1.82) is 0 Å². The van der Waals surface area contributed by atoms with E-state index in [4.69, 9.17) is 0 Å². The van der Waals surface area contributed by atoms with Crippen molar-refractivity contribution in [1.82, 2.24) is 9.55 Å². The molecule has 22 heavy (non-hydrogen) atoms. The number of halogens is 2. The first-order valence-corrected chi connectivity index (χ1v) is 6.43. The lowest BCUT2D eigenvalue weighted by Gasteiger charge is -2.07. The van der Waals surface area contributed by atoms with Gasteiger partial charge in [0.05, 0.1) is 11.4 Å². The van der Waals surface area contributed by atoms with Crippen molar-refractivity contribution in [3.8, 4) is 16.9 Å². The molecule has 0 aliphatic carbocycles. The zero-order valence-electron chi connectivity index (χ0n) is 11.2. The number of nitrogens with zero attached hydrogens (tertiary/aromatic N) is 1. The fraction of sp³-hybridized carbons (Fsp3) is 0. The Kier molecular flexibility index (Phi) is 3.42. The second-order valence-corrected chi connectivity index (χ2v) is 4.62. The molecule has 0 saturated carbocycles. The predicted molar refractivity (Wildman–Crippen MR) is 78.0 cm³/mol. The highest BCUT2D eigenvalue weighted by atomic mass is 19.1. The standard InChI is InChI=1S/C16H10F2N2O2/c17-10-5-7-11(8-6-10)20-15(21)9-14(19-16(20)22)12-3-1-2-4-13(12)18/h1-9H,(H,19,22). The minimum atomic E-state index is -0.725. The van der Waals surface area contributed by atoms with E-state index in [0.29, 0.717) is 0 Å². The second-order valence-electron chi connectivity index (χ2n) is 4.62. The van der Waals surface area contributed by atoms with E-state index in [-0.39, 0.29) is 16.9 Å². The zero-order valence-corrected chi connectivity index (χ0v) is 11.2. The van der Waals surface area contributed by atoms with Gasteiger partial charge in [0.25, 0.3) is 5.56 Å². The van der Waals surface area contributed by atoms with Crippen LogP contribution in [0.1, 0.15) is 0 Å². The molecule has 0 amide bonds. The van der Waals surface area contributed by atoms with Crippen LogP contribution in [0.25, 0.3) is 16.9 Å². The number of hydrogen-bond acceptors (Lipinski definition) is 2. The number of aromatic amines is 1. The Morgan fingerprint density at radius 2 is 1.59 bits per heavy atom. The molecule has 0 atom stereocenters. The van der Waals surface area contributed by atoms with Crippen LogP contribution in [-0.4, -0.2) is 9.55 Å². The van der Waals surface area contributed by atoms with Gasteiger partial charge >= 0.3 is 5.69 Å². The van der Waals surface area contributed by atoms with Gasteiger partial charge in [-0.05, 0) is 36.4 Å². The summed E-state index contributed by atoms with van der Waals surface area (Å²) in [5, 5.41) is 0. The number of rotatable bonds is 2. The molecular formula is C16H10F2N2O2. The SMILES string of the molecule is O=c1cc(-c2ccccc2F)[nH]c(=O)n1-c1ccc(F)cc1. The third-order valence-electron chi connectivity index (χ3n) is 3.18. The van der Waals surface area contributed by atoms with Gasteiger partial charge in [0.2, 0.25) is 0 Å². The molecule has 1 aromatic heterocycles. The first-order chi connectivity index (χ1) is 10.6. The molecule has 0 unspecified atom stereocenters. The zero-order chi connectivity index (χ0) is 15.7. The topological polar surface area (TPSA) is 54.9 Å². The molecule has 3 aromatic rings. The lowest BCUT2D eigenvalue weighted by molar-refractivity contribution is 0.626. The van der Waals surface area contributed by atoms with Gasteiger partial charge in [-0.1, -0.05) is 12.1 Å². The van der Waals surface area contributed by atoms with Crippen molar-refractivity contribution < 1.29 is 8.78 Å². The Bertz CT molecular complexity index is 912. The summed E-state index contributed by atoms with van der Waals surface area (Å²) in [5.74, 6) is -1.02. The summed E-state index contributed by atoms with van der Waals surface area (Å²) in [7, 11) is 0. The summed E-state index contributed by atoms with van der Waals surface area (Å²) in [5.41, 5.74) is -0.909. The molecule has 0 spiro atoms. The Morgan fingerprint density at radius 3 is 2.23 bits per heavy atom. The Morgan fingerprint density at radius 1 is 0.909 bits per heavy atom. The summed E-state index contributed by atoms with van der Waals surface area (Å²) in [6, 6.07) is 11.9. The number of nitrogens with one attached hydrogen (secondary N) is 1. The first kappa shape index (κ1) is 13.9. The van der Waals surface area contributed by atoms with Crippen LogP contribution in [0, 0.1) is 11.6 Å². The van der Waals surface area contributed by atoms with E-state index in [0.717, 1.165) is 22.8 Å². The smallest absolute Gasteiger partial charge is 0.306 e. The fourth-order valence-electron chi connectivity index (χ4n) is 2.15. The maximum Gasteiger partial charge on any atom is 0.333 e. The molecule has 0 saturated heterocycles. The van der Waals surface area contributed by atoms with Gasteiger partial charge in [-0.25, -0.2) is 18.1 Å².